The Morgan fingerprint density at radius 2 is 1.71 bits per heavy atom. The fourth-order valence-electron chi connectivity index (χ4n) is 2.42. The number of methoxy groups -OCH3 is 1. The molecule has 1 N–H and O–H groups in total. The SMILES string of the molecule is COC(c1nc(C)c(CC(C)C(=O)O)c(C)n1)C(C)(C)C. The molecule has 118 valence electrons. The van der Waals surface area contributed by atoms with E-state index < -0.39 is 11.9 Å². The molecule has 0 spiro atoms. The zero-order chi connectivity index (χ0) is 16.4. The molecule has 21 heavy (non-hydrogen) atoms. The van der Waals surface area contributed by atoms with Crippen molar-refractivity contribution in [1.82, 2.24) is 9.97 Å². The highest BCUT2D eigenvalue weighted by Crippen LogP contribution is 2.34. The summed E-state index contributed by atoms with van der Waals surface area (Å²) in [6.45, 7) is 11.7. The van der Waals surface area contributed by atoms with Crippen molar-refractivity contribution in [2.75, 3.05) is 7.11 Å². The summed E-state index contributed by atoms with van der Waals surface area (Å²) in [6.07, 6.45) is 0.251. The van der Waals surface area contributed by atoms with Gasteiger partial charge in [-0.05, 0) is 31.2 Å². The molecular formula is C16H26N2O3. The summed E-state index contributed by atoms with van der Waals surface area (Å²) in [4.78, 5) is 20.1. The molecule has 0 saturated carbocycles. The van der Waals surface area contributed by atoms with Crippen LogP contribution in [0.2, 0.25) is 0 Å². The maximum Gasteiger partial charge on any atom is 0.306 e. The fourth-order valence-corrected chi connectivity index (χ4v) is 2.42. The molecule has 0 aliphatic rings. The molecule has 0 radical (unpaired) electrons. The van der Waals surface area contributed by atoms with Crippen LogP contribution in [0.25, 0.3) is 0 Å². The second-order valence-corrected chi connectivity index (χ2v) is 6.66. The van der Waals surface area contributed by atoms with E-state index in [0.29, 0.717) is 12.2 Å². The molecule has 2 atom stereocenters. The van der Waals surface area contributed by atoms with E-state index in [9.17, 15) is 4.79 Å². The van der Waals surface area contributed by atoms with Crippen molar-refractivity contribution in [3.05, 3.63) is 22.8 Å². The minimum Gasteiger partial charge on any atom is -0.481 e. The Balaban J connectivity index is 3.18. The van der Waals surface area contributed by atoms with Gasteiger partial charge in [0.25, 0.3) is 0 Å². The lowest BCUT2D eigenvalue weighted by atomic mass is 9.88. The van der Waals surface area contributed by atoms with E-state index >= 15 is 0 Å². The van der Waals surface area contributed by atoms with Gasteiger partial charge >= 0.3 is 5.97 Å². The van der Waals surface area contributed by atoms with Crippen molar-refractivity contribution < 1.29 is 14.6 Å². The van der Waals surface area contributed by atoms with E-state index in [2.05, 4.69) is 30.7 Å². The molecule has 0 fully saturated rings. The van der Waals surface area contributed by atoms with Crippen LogP contribution >= 0.6 is 0 Å². The normalized spacial score (nSPS) is 14.8. The molecule has 1 rings (SSSR count). The van der Waals surface area contributed by atoms with Crippen molar-refractivity contribution in [2.45, 2.75) is 54.1 Å². The lowest BCUT2D eigenvalue weighted by Gasteiger charge is -2.28. The van der Waals surface area contributed by atoms with Gasteiger partial charge in [-0.25, -0.2) is 9.97 Å². The van der Waals surface area contributed by atoms with E-state index in [-0.39, 0.29) is 11.5 Å². The predicted octanol–water partition coefficient (Wildman–Crippen LogP) is 3.09. The first-order valence-corrected chi connectivity index (χ1v) is 7.17. The van der Waals surface area contributed by atoms with Gasteiger partial charge in [-0.2, -0.15) is 0 Å². The minimum atomic E-state index is -0.803. The monoisotopic (exact) mass is 294 g/mol. The number of hydrogen-bond donors (Lipinski definition) is 1. The van der Waals surface area contributed by atoms with Crippen molar-refractivity contribution in [3.63, 3.8) is 0 Å². The van der Waals surface area contributed by atoms with Crippen LogP contribution in [0.15, 0.2) is 0 Å². The van der Waals surface area contributed by atoms with Crippen LogP contribution < -0.4 is 0 Å². The standard InChI is InChI=1S/C16H26N2O3/c1-9(15(19)20)8-12-10(2)17-14(18-11(12)3)13(21-7)16(4,5)6/h9,13H,8H2,1-7H3,(H,19,20). The molecule has 5 nitrogen and oxygen atoms in total. The van der Waals surface area contributed by atoms with E-state index in [4.69, 9.17) is 9.84 Å². The lowest BCUT2D eigenvalue weighted by molar-refractivity contribution is -0.141. The van der Waals surface area contributed by atoms with Crippen molar-refractivity contribution >= 4 is 5.97 Å². The van der Waals surface area contributed by atoms with Crippen molar-refractivity contribution in [1.29, 1.82) is 0 Å². The smallest absolute Gasteiger partial charge is 0.306 e. The third-order valence-corrected chi connectivity index (χ3v) is 3.63. The summed E-state index contributed by atoms with van der Waals surface area (Å²) >= 11 is 0. The third-order valence-electron chi connectivity index (χ3n) is 3.63. The first-order valence-electron chi connectivity index (χ1n) is 7.17. The van der Waals surface area contributed by atoms with Crippen LogP contribution in [0.1, 0.15) is 56.6 Å². The number of ether oxygens (including phenoxy) is 1. The number of aromatic nitrogens is 2. The van der Waals surface area contributed by atoms with Gasteiger partial charge in [-0.15, -0.1) is 0 Å². The average molecular weight is 294 g/mol. The number of carboxylic acids is 1. The Bertz CT molecular complexity index is 498. The molecule has 1 aromatic heterocycles. The molecule has 1 heterocycles. The van der Waals surface area contributed by atoms with Gasteiger partial charge in [-0.3, -0.25) is 4.79 Å². The number of carboxylic acid groups (broad SMARTS) is 1. The molecule has 5 heteroatoms. The Labute approximate surface area is 126 Å². The van der Waals surface area contributed by atoms with E-state index in [0.717, 1.165) is 17.0 Å². The molecule has 0 aliphatic heterocycles. The number of rotatable bonds is 5. The molecule has 0 aromatic carbocycles. The molecule has 0 amide bonds. The van der Waals surface area contributed by atoms with Gasteiger partial charge in [0, 0.05) is 18.5 Å². The number of aliphatic carboxylic acids is 1. The van der Waals surface area contributed by atoms with Gasteiger partial charge in [-0.1, -0.05) is 27.7 Å². The predicted molar refractivity (Wildman–Crippen MR) is 81.2 cm³/mol. The van der Waals surface area contributed by atoms with Crippen molar-refractivity contribution in [2.24, 2.45) is 11.3 Å². The van der Waals surface area contributed by atoms with E-state index in [1.54, 1.807) is 14.0 Å². The van der Waals surface area contributed by atoms with Crippen LogP contribution in [0.5, 0.6) is 0 Å². The summed E-state index contributed by atoms with van der Waals surface area (Å²) in [6, 6.07) is 0. The van der Waals surface area contributed by atoms with Crippen LogP contribution in [0.3, 0.4) is 0 Å². The molecule has 0 bridgehead atoms. The van der Waals surface area contributed by atoms with Gasteiger partial charge in [0.05, 0.1) is 5.92 Å². The minimum absolute atomic E-state index is 0.108. The Morgan fingerprint density at radius 1 is 1.24 bits per heavy atom. The molecule has 0 saturated heterocycles. The molecule has 2 unspecified atom stereocenters. The largest absolute Gasteiger partial charge is 0.481 e. The van der Waals surface area contributed by atoms with Gasteiger partial charge in [0.2, 0.25) is 0 Å². The maximum atomic E-state index is 11.0. The molecular weight excluding hydrogens is 268 g/mol. The van der Waals surface area contributed by atoms with Crippen LogP contribution in [-0.4, -0.2) is 28.2 Å². The zero-order valence-electron chi connectivity index (χ0n) is 14.0. The highest BCUT2D eigenvalue weighted by atomic mass is 16.5. The molecule has 1 aromatic rings. The number of hydrogen-bond acceptors (Lipinski definition) is 4. The van der Waals surface area contributed by atoms with Gasteiger partial charge in [0.15, 0.2) is 5.82 Å². The zero-order valence-corrected chi connectivity index (χ0v) is 14.0. The summed E-state index contributed by atoms with van der Waals surface area (Å²) in [5, 5.41) is 9.05. The van der Waals surface area contributed by atoms with Gasteiger partial charge in [0.1, 0.15) is 6.10 Å². The first-order chi connectivity index (χ1) is 9.57. The first kappa shape index (κ1) is 17.6. The Hall–Kier alpha value is -1.49. The molecule has 0 aliphatic carbocycles. The highest BCUT2D eigenvalue weighted by Gasteiger charge is 2.29. The fraction of sp³-hybridized carbons (Fsp3) is 0.688. The Kier molecular flexibility index (Phi) is 5.45. The lowest BCUT2D eigenvalue weighted by Crippen LogP contribution is -2.24. The van der Waals surface area contributed by atoms with E-state index in [1.807, 2.05) is 13.8 Å². The second kappa shape index (κ2) is 6.52. The summed E-state index contributed by atoms with van der Waals surface area (Å²) < 4.78 is 5.55. The van der Waals surface area contributed by atoms with E-state index in [1.165, 1.54) is 0 Å². The topological polar surface area (TPSA) is 72.3 Å². The number of aryl methyl sites for hydroxylation is 2. The van der Waals surface area contributed by atoms with Crippen molar-refractivity contribution in [3.8, 4) is 0 Å². The third kappa shape index (κ3) is 4.24. The average Bonchev–Trinajstić information content (AvgIpc) is 2.32. The number of carbonyl (C=O) groups is 1. The Morgan fingerprint density at radius 3 is 2.05 bits per heavy atom. The second-order valence-electron chi connectivity index (χ2n) is 6.66. The van der Waals surface area contributed by atoms with Gasteiger partial charge < -0.3 is 9.84 Å². The maximum absolute atomic E-state index is 11.0. The van der Waals surface area contributed by atoms with Crippen LogP contribution in [0, 0.1) is 25.2 Å². The summed E-state index contributed by atoms with van der Waals surface area (Å²) in [7, 11) is 1.66. The van der Waals surface area contributed by atoms with Crippen LogP contribution in [-0.2, 0) is 16.0 Å². The summed E-state index contributed by atoms with van der Waals surface area (Å²) in [5.74, 6) is -0.591. The quantitative estimate of drug-likeness (QED) is 0.903. The highest BCUT2D eigenvalue weighted by molar-refractivity contribution is 5.70. The summed E-state index contributed by atoms with van der Waals surface area (Å²) in [5.41, 5.74) is 2.47. The van der Waals surface area contributed by atoms with Crippen LogP contribution in [0.4, 0.5) is 0 Å². The number of nitrogens with zero attached hydrogens (tertiary/aromatic N) is 2.